The SMILES string of the molecule is CC(C(=O)OC(C)(C)C)N1CC(=O)N(C)CC1=O. The van der Waals surface area contributed by atoms with Crippen molar-refractivity contribution >= 4 is 17.8 Å². The maximum absolute atomic E-state index is 11.9. The van der Waals surface area contributed by atoms with E-state index in [0.717, 1.165) is 0 Å². The van der Waals surface area contributed by atoms with E-state index in [1.54, 1.807) is 34.7 Å². The summed E-state index contributed by atoms with van der Waals surface area (Å²) in [5, 5.41) is 0. The minimum atomic E-state index is -0.741. The quantitative estimate of drug-likeness (QED) is 0.653. The minimum Gasteiger partial charge on any atom is -0.458 e. The molecule has 0 aliphatic carbocycles. The highest BCUT2D eigenvalue weighted by atomic mass is 16.6. The van der Waals surface area contributed by atoms with Gasteiger partial charge >= 0.3 is 5.97 Å². The summed E-state index contributed by atoms with van der Waals surface area (Å²) in [6.45, 7) is 6.78. The van der Waals surface area contributed by atoms with Crippen LogP contribution in [-0.4, -0.2) is 59.4 Å². The Morgan fingerprint density at radius 2 is 1.78 bits per heavy atom. The van der Waals surface area contributed by atoms with Crippen LogP contribution in [0.15, 0.2) is 0 Å². The number of nitrogens with zero attached hydrogens (tertiary/aromatic N) is 2. The molecule has 1 fully saturated rings. The largest absolute Gasteiger partial charge is 0.458 e. The molecule has 0 bridgehead atoms. The number of carbonyl (C=O) groups excluding carboxylic acids is 3. The van der Waals surface area contributed by atoms with Gasteiger partial charge in [0.05, 0.1) is 6.54 Å². The Bertz CT molecular complexity index is 373. The van der Waals surface area contributed by atoms with Crippen LogP contribution in [0.25, 0.3) is 0 Å². The Hall–Kier alpha value is -1.59. The number of piperazine rings is 1. The molecule has 0 N–H and O–H groups in total. The topological polar surface area (TPSA) is 66.9 Å². The van der Waals surface area contributed by atoms with E-state index in [9.17, 15) is 14.4 Å². The van der Waals surface area contributed by atoms with Gasteiger partial charge in [0, 0.05) is 7.05 Å². The van der Waals surface area contributed by atoms with E-state index < -0.39 is 17.6 Å². The van der Waals surface area contributed by atoms with Crippen molar-refractivity contribution in [1.29, 1.82) is 0 Å². The maximum atomic E-state index is 11.9. The third-order valence-corrected chi connectivity index (χ3v) is 2.64. The molecule has 0 aromatic heterocycles. The van der Waals surface area contributed by atoms with Crippen LogP contribution in [0.5, 0.6) is 0 Å². The molecule has 1 atom stereocenters. The molecule has 0 saturated carbocycles. The first-order chi connectivity index (χ1) is 8.11. The highest BCUT2D eigenvalue weighted by molar-refractivity contribution is 5.95. The van der Waals surface area contributed by atoms with E-state index in [4.69, 9.17) is 4.74 Å². The lowest BCUT2D eigenvalue weighted by molar-refractivity contribution is -0.167. The van der Waals surface area contributed by atoms with Gasteiger partial charge in [0.2, 0.25) is 11.8 Å². The minimum absolute atomic E-state index is 0.00592. The normalized spacial score (nSPS) is 18.9. The second-order valence-electron chi connectivity index (χ2n) is 5.48. The zero-order valence-corrected chi connectivity index (χ0v) is 11.5. The summed E-state index contributed by atoms with van der Waals surface area (Å²) in [4.78, 5) is 37.8. The number of likely N-dealkylation sites (N-methyl/N-ethyl adjacent to an activating group) is 1. The Labute approximate surface area is 107 Å². The van der Waals surface area contributed by atoms with E-state index in [0.29, 0.717) is 0 Å². The van der Waals surface area contributed by atoms with E-state index in [1.165, 1.54) is 9.80 Å². The van der Waals surface area contributed by atoms with Crippen molar-refractivity contribution in [2.24, 2.45) is 0 Å². The monoisotopic (exact) mass is 256 g/mol. The summed E-state index contributed by atoms with van der Waals surface area (Å²) in [7, 11) is 1.57. The lowest BCUT2D eigenvalue weighted by atomic mass is 10.1. The van der Waals surface area contributed by atoms with Gasteiger partial charge in [-0.3, -0.25) is 9.59 Å². The fourth-order valence-corrected chi connectivity index (χ4v) is 1.60. The molecule has 1 unspecified atom stereocenters. The Kier molecular flexibility index (Phi) is 3.98. The number of ether oxygens (including phenoxy) is 1. The van der Waals surface area contributed by atoms with E-state index in [-0.39, 0.29) is 24.9 Å². The number of rotatable bonds is 2. The van der Waals surface area contributed by atoms with Crippen molar-refractivity contribution in [3.8, 4) is 0 Å². The molecule has 0 aromatic rings. The lowest BCUT2D eigenvalue weighted by Crippen LogP contribution is -2.57. The smallest absolute Gasteiger partial charge is 0.329 e. The summed E-state index contributed by atoms with van der Waals surface area (Å²) >= 11 is 0. The fourth-order valence-electron chi connectivity index (χ4n) is 1.60. The molecule has 1 saturated heterocycles. The zero-order chi connectivity index (χ0) is 14.1. The van der Waals surface area contributed by atoms with Crippen molar-refractivity contribution in [3.63, 3.8) is 0 Å². The highest BCUT2D eigenvalue weighted by Crippen LogP contribution is 2.13. The average Bonchev–Trinajstić information content (AvgIpc) is 2.20. The number of hydrogen-bond donors (Lipinski definition) is 0. The van der Waals surface area contributed by atoms with Crippen LogP contribution in [0.4, 0.5) is 0 Å². The van der Waals surface area contributed by atoms with Gasteiger partial charge in [0.15, 0.2) is 0 Å². The molecular formula is C12H20N2O4. The van der Waals surface area contributed by atoms with Crippen LogP contribution in [0.2, 0.25) is 0 Å². The first-order valence-electron chi connectivity index (χ1n) is 5.88. The molecule has 102 valence electrons. The molecule has 0 radical (unpaired) electrons. The number of carbonyl (C=O) groups is 3. The molecular weight excluding hydrogens is 236 g/mol. The summed E-state index contributed by atoms with van der Waals surface area (Å²) < 4.78 is 5.21. The van der Waals surface area contributed by atoms with Gasteiger partial charge < -0.3 is 14.5 Å². The van der Waals surface area contributed by atoms with Crippen molar-refractivity contribution in [1.82, 2.24) is 9.80 Å². The molecule has 1 aliphatic rings. The van der Waals surface area contributed by atoms with Gasteiger partial charge in [-0.2, -0.15) is 0 Å². The molecule has 18 heavy (non-hydrogen) atoms. The third-order valence-electron chi connectivity index (χ3n) is 2.64. The summed E-state index contributed by atoms with van der Waals surface area (Å²) in [6.07, 6.45) is 0. The van der Waals surface area contributed by atoms with Crippen LogP contribution in [0.1, 0.15) is 27.7 Å². The van der Waals surface area contributed by atoms with Gasteiger partial charge in [-0.25, -0.2) is 4.79 Å². The van der Waals surface area contributed by atoms with E-state index in [1.807, 2.05) is 0 Å². The van der Waals surface area contributed by atoms with Crippen molar-refractivity contribution in [2.45, 2.75) is 39.3 Å². The highest BCUT2D eigenvalue weighted by Gasteiger charge is 2.35. The van der Waals surface area contributed by atoms with Crippen molar-refractivity contribution < 1.29 is 19.1 Å². The molecule has 1 heterocycles. The summed E-state index contributed by atoms with van der Waals surface area (Å²) in [5.74, 6) is -0.909. The average molecular weight is 256 g/mol. The van der Waals surface area contributed by atoms with Gasteiger partial charge in [-0.1, -0.05) is 0 Å². The molecule has 1 aliphatic heterocycles. The first-order valence-corrected chi connectivity index (χ1v) is 5.88. The van der Waals surface area contributed by atoms with E-state index in [2.05, 4.69) is 0 Å². The lowest BCUT2D eigenvalue weighted by Gasteiger charge is -2.35. The van der Waals surface area contributed by atoms with E-state index >= 15 is 0 Å². The van der Waals surface area contributed by atoms with Crippen molar-refractivity contribution in [2.75, 3.05) is 20.1 Å². The second-order valence-corrected chi connectivity index (χ2v) is 5.48. The second kappa shape index (κ2) is 4.96. The fraction of sp³-hybridized carbons (Fsp3) is 0.750. The molecule has 2 amide bonds. The number of hydrogen-bond acceptors (Lipinski definition) is 4. The predicted octanol–water partition coefficient (Wildman–Crippen LogP) is 0.0172. The Morgan fingerprint density at radius 1 is 1.22 bits per heavy atom. The zero-order valence-electron chi connectivity index (χ0n) is 11.5. The van der Waals surface area contributed by atoms with Crippen LogP contribution < -0.4 is 0 Å². The van der Waals surface area contributed by atoms with Crippen LogP contribution >= 0.6 is 0 Å². The summed E-state index contributed by atoms with van der Waals surface area (Å²) in [5.41, 5.74) is -0.606. The van der Waals surface area contributed by atoms with Crippen LogP contribution in [-0.2, 0) is 19.1 Å². The Balaban J connectivity index is 2.72. The standard InChI is InChI=1S/C12H20N2O4/c1-8(11(17)18-12(2,3)4)14-7-9(15)13(5)6-10(14)16/h8H,6-7H2,1-5H3. The van der Waals surface area contributed by atoms with Crippen molar-refractivity contribution in [3.05, 3.63) is 0 Å². The molecule has 6 nitrogen and oxygen atoms in total. The van der Waals surface area contributed by atoms with Gasteiger partial charge in [-0.15, -0.1) is 0 Å². The maximum Gasteiger partial charge on any atom is 0.329 e. The van der Waals surface area contributed by atoms with Crippen LogP contribution in [0, 0.1) is 0 Å². The van der Waals surface area contributed by atoms with Gasteiger partial charge in [-0.05, 0) is 27.7 Å². The molecule has 6 heteroatoms. The first kappa shape index (κ1) is 14.5. The molecule has 1 rings (SSSR count). The molecule has 0 spiro atoms. The predicted molar refractivity (Wildman–Crippen MR) is 64.7 cm³/mol. The number of amides is 2. The summed E-state index contributed by atoms with van der Waals surface area (Å²) in [6, 6.07) is -0.741. The van der Waals surface area contributed by atoms with Crippen LogP contribution in [0.3, 0.4) is 0 Å². The molecule has 0 aromatic carbocycles. The Morgan fingerprint density at radius 3 is 2.28 bits per heavy atom. The number of esters is 1. The van der Waals surface area contributed by atoms with Gasteiger partial charge in [0.25, 0.3) is 0 Å². The third kappa shape index (κ3) is 3.45. The van der Waals surface area contributed by atoms with Gasteiger partial charge in [0.1, 0.15) is 18.2 Å².